The Morgan fingerprint density at radius 3 is 1.17 bits per heavy atom. The zero-order valence-corrected chi connectivity index (χ0v) is 9.72. The minimum atomic E-state index is 0.948. The molecule has 0 aromatic rings. The van der Waals surface area contributed by atoms with Crippen molar-refractivity contribution in [2.24, 2.45) is 23.7 Å². The van der Waals surface area contributed by atoms with E-state index in [1.165, 1.54) is 12.8 Å². The van der Waals surface area contributed by atoms with Crippen molar-refractivity contribution in [3.8, 4) is 0 Å². The summed E-state index contributed by atoms with van der Waals surface area (Å²) in [5, 5.41) is 0. The van der Waals surface area contributed by atoms with Crippen molar-refractivity contribution in [1.29, 1.82) is 0 Å². The van der Waals surface area contributed by atoms with Crippen LogP contribution in [0.2, 0.25) is 0 Å². The first-order chi connectivity index (χ1) is 5.63. The van der Waals surface area contributed by atoms with Gasteiger partial charge in [0, 0.05) is 0 Å². The molecular weight excluding hydrogens is 144 g/mol. The van der Waals surface area contributed by atoms with Crippen molar-refractivity contribution >= 4 is 0 Å². The van der Waals surface area contributed by atoms with Gasteiger partial charge in [-0.2, -0.15) is 0 Å². The Bertz CT molecular complexity index is 92.6. The van der Waals surface area contributed by atoms with Gasteiger partial charge in [0.05, 0.1) is 0 Å². The van der Waals surface area contributed by atoms with Gasteiger partial charge in [0.1, 0.15) is 0 Å². The highest BCUT2D eigenvalue weighted by Crippen LogP contribution is 2.37. The van der Waals surface area contributed by atoms with Crippen LogP contribution in [0.15, 0.2) is 0 Å². The van der Waals surface area contributed by atoms with Gasteiger partial charge in [0.2, 0.25) is 0 Å². The van der Waals surface area contributed by atoms with Gasteiger partial charge >= 0.3 is 0 Å². The van der Waals surface area contributed by atoms with Crippen molar-refractivity contribution in [3.05, 3.63) is 0 Å². The minimum absolute atomic E-state index is 0.948. The molecule has 1 fully saturated rings. The van der Waals surface area contributed by atoms with E-state index in [0.29, 0.717) is 0 Å². The molecule has 0 aromatic heterocycles. The van der Waals surface area contributed by atoms with Crippen LogP contribution in [-0.2, 0) is 0 Å². The van der Waals surface area contributed by atoms with E-state index in [1.807, 2.05) is 13.8 Å². The third-order valence-corrected chi connectivity index (χ3v) is 3.70. The molecule has 0 radical (unpaired) electrons. The zero-order valence-electron chi connectivity index (χ0n) is 9.72. The largest absolute Gasteiger partial charge is 0.0683 e. The first-order valence-corrected chi connectivity index (χ1v) is 5.63. The highest BCUT2D eigenvalue weighted by atomic mass is 14.3. The zero-order chi connectivity index (χ0) is 9.72. The van der Waals surface area contributed by atoms with Crippen LogP contribution < -0.4 is 0 Å². The molecule has 0 nitrogen and oxygen atoms in total. The van der Waals surface area contributed by atoms with Crippen molar-refractivity contribution in [2.45, 2.75) is 54.4 Å². The van der Waals surface area contributed by atoms with Gasteiger partial charge in [-0.25, -0.2) is 0 Å². The van der Waals surface area contributed by atoms with Gasteiger partial charge in [-0.15, -0.1) is 0 Å². The van der Waals surface area contributed by atoms with Crippen LogP contribution in [0.25, 0.3) is 0 Å². The molecule has 1 aliphatic rings. The lowest BCUT2D eigenvalue weighted by atomic mass is 9.69. The van der Waals surface area contributed by atoms with E-state index in [1.54, 1.807) is 0 Å². The molecule has 0 heterocycles. The van der Waals surface area contributed by atoms with Gasteiger partial charge < -0.3 is 0 Å². The van der Waals surface area contributed by atoms with Gasteiger partial charge in [-0.1, -0.05) is 54.4 Å². The lowest BCUT2D eigenvalue weighted by molar-refractivity contribution is 0.137. The average Bonchev–Trinajstić information content (AvgIpc) is 2.12. The number of hydrogen-bond donors (Lipinski definition) is 0. The maximum atomic E-state index is 2.41. The van der Waals surface area contributed by atoms with E-state index < -0.39 is 0 Å². The van der Waals surface area contributed by atoms with Crippen LogP contribution in [0.5, 0.6) is 0 Å². The summed E-state index contributed by atoms with van der Waals surface area (Å²) < 4.78 is 0. The van der Waals surface area contributed by atoms with E-state index in [9.17, 15) is 0 Å². The van der Waals surface area contributed by atoms with Crippen molar-refractivity contribution in [2.75, 3.05) is 0 Å². The second kappa shape index (κ2) is 5.61. The fraction of sp³-hybridized carbons (Fsp3) is 1.00. The highest BCUT2D eigenvalue weighted by molar-refractivity contribution is 4.78. The minimum Gasteiger partial charge on any atom is -0.0683 e. The molecule has 1 rings (SSSR count). The SMILES string of the molecule is CC.CC1CC[C@H](C)C(C)[C@@H]1C. The van der Waals surface area contributed by atoms with Gasteiger partial charge in [-0.3, -0.25) is 0 Å². The van der Waals surface area contributed by atoms with Gasteiger partial charge in [0.25, 0.3) is 0 Å². The topological polar surface area (TPSA) is 0 Å². The van der Waals surface area contributed by atoms with Crippen LogP contribution in [0.1, 0.15) is 54.4 Å². The Morgan fingerprint density at radius 1 is 0.667 bits per heavy atom. The molecule has 12 heavy (non-hydrogen) atoms. The summed E-state index contributed by atoms with van der Waals surface area (Å²) in [6.45, 7) is 13.6. The molecule has 0 aromatic carbocycles. The molecule has 1 saturated carbocycles. The molecule has 0 bridgehead atoms. The third kappa shape index (κ3) is 2.80. The smallest absolute Gasteiger partial charge is 0.0389 e. The second-order valence-electron chi connectivity index (χ2n) is 4.25. The van der Waals surface area contributed by atoms with Gasteiger partial charge in [-0.05, 0) is 23.7 Å². The Hall–Kier alpha value is 0. The van der Waals surface area contributed by atoms with E-state index >= 15 is 0 Å². The maximum Gasteiger partial charge on any atom is -0.0389 e. The molecular formula is C12H26. The van der Waals surface area contributed by atoms with Crippen molar-refractivity contribution in [3.63, 3.8) is 0 Å². The van der Waals surface area contributed by atoms with Crippen LogP contribution in [0.3, 0.4) is 0 Å². The van der Waals surface area contributed by atoms with Crippen LogP contribution in [0, 0.1) is 23.7 Å². The summed E-state index contributed by atoms with van der Waals surface area (Å²) >= 11 is 0. The van der Waals surface area contributed by atoms with Crippen LogP contribution in [-0.4, -0.2) is 0 Å². The summed E-state index contributed by atoms with van der Waals surface area (Å²) in [7, 11) is 0. The Morgan fingerprint density at radius 2 is 0.917 bits per heavy atom. The summed E-state index contributed by atoms with van der Waals surface area (Å²) in [6.07, 6.45) is 2.90. The number of rotatable bonds is 0. The normalized spacial score (nSPS) is 41.5. The van der Waals surface area contributed by atoms with Crippen LogP contribution in [0.4, 0.5) is 0 Å². The first-order valence-electron chi connectivity index (χ1n) is 5.63. The van der Waals surface area contributed by atoms with Gasteiger partial charge in [0.15, 0.2) is 0 Å². The van der Waals surface area contributed by atoms with E-state index in [4.69, 9.17) is 0 Å². The average molecular weight is 170 g/mol. The summed E-state index contributed by atoms with van der Waals surface area (Å²) in [5.41, 5.74) is 0. The fourth-order valence-corrected chi connectivity index (χ4v) is 2.09. The molecule has 0 heteroatoms. The molecule has 1 aliphatic carbocycles. The van der Waals surface area contributed by atoms with E-state index in [0.717, 1.165) is 23.7 Å². The Labute approximate surface area is 78.8 Å². The fourth-order valence-electron chi connectivity index (χ4n) is 2.09. The summed E-state index contributed by atoms with van der Waals surface area (Å²) in [4.78, 5) is 0. The molecule has 0 aliphatic heterocycles. The summed E-state index contributed by atoms with van der Waals surface area (Å²) in [6, 6.07) is 0. The quantitative estimate of drug-likeness (QED) is 0.507. The second-order valence-corrected chi connectivity index (χ2v) is 4.25. The molecule has 2 unspecified atom stereocenters. The lowest BCUT2D eigenvalue weighted by Crippen LogP contribution is -2.27. The van der Waals surface area contributed by atoms with Crippen LogP contribution >= 0.6 is 0 Å². The van der Waals surface area contributed by atoms with Crippen molar-refractivity contribution in [1.82, 2.24) is 0 Å². The van der Waals surface area contributed by atoms with E-state index in [-0.39, 0.29) is 0 Å². The molecule has 0 amide bonds. The Kier molecular flexibility index (Phi) is 5.61. The van der Waals surface area contributed by atoms with E-state index in [2.05, 4.69) is 27.7 Å². The Balaban J connectivity index is 0.000000561. The molecule has 0 N–H and O–H groups in total. The monoisotopic (exact) mass is 170 g/mol. The molecule has 4 atom stereocenters. The maximum absolute atomic E-state index is 2.41. The molecule has 0 spiro atoms. The molecule has 0 saturated heterocycles. The standard InChI is InChI=1S/C10H20.C2H6/c1-7-5-6-8(2)10(4)9(7)3;1-2/h7-10H,5-6H2,1-4H3;1-2H3/t7-,8?,9?,10+;/m0./s1. The lowest BCUT2D eigenvalue weighted by Gasteiger charge is -2.36. The molecule has 74 valence electrons. The predicted octanol–water partition coefficient (Wildman–Crippen LogP) is 4.35. The third-order valence-electron chi connectivity index (χ3n) is 3.70. The number of hydrogen-bond acceptors (Lipinski definition) is 0. The highest BCUT2D eigenvalue weighted by Gasteiger charge is 2.28. The van der Waals surface area contributed by atoms with Crippen molar-refractivity contribution < 1.29 is 0 Å². The first kappa shape index (κ1) is 12.0. The summed E-state index contributed by atoms with van der Waals surface area (Å²) in [5.74, 6) is 3.82. The predicted molar refractivity (Wildman–Crippen MR) is 57.2 cm³/mol.